The van der Waals surface area contributed by atoms with Crippen LogP contribution in [0.2, 0.25) is 0 Å². The molecule has 4 nitrogen and oxygen atoms in total. The summed E-state index contributed by atoms with van der Waals surface area (Å²) in [5.74, 6) is -0.333. The lowest BCUT2D eigenvalue weighted by Crippen LogP contribution is -2.21. The minimum absolute atomic E-state index is 0.0257. The van der Waals surface area contributed by atoms with Crippen LogP contribution in [-0.2, 0) is 22.3 Å². The van der Waals surface area contributed by atoms with Gasteiger partial charge in [-0.25, -0.2) is 0 Å². The van der Waals surface area contributed by atoms with Gasteiger partial charge < -0.3 is 10.6 Å². The lowest BCUT2D eigenvalue weighted by molar-refractivity contribution is -0.137. The highest BCUT2D eigenvalue weighted by Gasteiger charge is 2.30. The van der Waals surface area contributed by atoms with Crippen LogP contribution in [0.25, 0.3) is 6.08 Å². The van der Waals surface area contributed by atoms with Crippen LogP contribution >= 0.6 is 0 Å². The van der Waals surface area contributed by atoms with Crippen molar-refractivity contribution < 1.29 is 22.8 Å². The molecule has 0 radical (unpaired) electrons. The fourth-order valence-corrected chi connectivity index (χ4v) is 3.43. The summed E-state index contributed by atoms with van der Waals surface area (Å²) in [4.78, 5) is 24.3. The monoisotopic (exact) mass is 416 g/mol. The molecule has 2 amide bonds. The van der Waals surface area contributed by atoms with E-state index in [4.69, 9.17) is 0 Å². The highest BCUT2D eigenvalue weighted by molar-refractivity contribution is 5.93. The summed E-state index contributed by atoms with van der Waals surface area (Å²) in [6.45, 7) is 0.235. The van der Waals surface area contributed by atoms with Crippen LogP contribution in [0.1, 0.15) is 42.4 Å². The highest BCUT2D eigenvalue weighted by Crippen LogP contribution is 2.29. The van der Waals surface area contributed by atoms with E-state index in [1.54, 1.807) is 18.2 Å². The average molecular weight is 416 g/mol. The van der Waals surface area contributed by atoms with Crippen LogP contribution in [-0.4, -0.2) is 11.8 Å². The molecule has 0 aromatic heterocycles. The minimum Gasteiger partial charge on any atom is -0.348 e. The Balaban J connectivity index is 1.53. The van der Waals surface area contributed by atoms with Crippen molar-refractivity contribution in [3.63, 3.8) is 0 Å². The first-order valence-electron chi connectivity index (χ1n) is 9.84. The number of amides is 2. The average Bonchev–Trinajstić information content (AvgIpc) is 3.26. The van der Waals surface area contributed by atoms with Crippen LogP contribution in [0.4, 0.5) is 18.9 Å². The Labute approximate surface area is 173 Å². The molecular formula is C23H23F3N2O2. The Kier molecular flexibility index (Phi) is 6.92. The number of carbonyl (C=O) groups excluding carboxylic acids is 2. The molecule has 2 aromatic carbocycles. The summed E-state index contributed by atoms with van der Waals surface area (Å²) >= 11 is 0. The molecule has 0 heterocycles. The van der Waals surface area contributed by atoms with Crippen molar-refractivity contribution in [1.82, 2.24) is 5.32 Å². The molecule has 0 bridgehead atoms. The molecule has 0 aliphatic heterocycles. The molecule has 2 aromatic rings. The van der Waals surface area contributed by atoms with Gasteiger partial charge in [-0.2, -0.15) is 13.2 Å². The predicted octanol–water partition coefficient (Wildman–Crippen LogP) is 5.16. The molecule has 1 aliphatic carbocycles. The Morgan fingerprint density at radius 3 is 2.50 bits per heavy atom. The van der Waals surface area contributed by atoms with Crippen LogP contribution < -0.4 is 10.6 Å². The number of rotatable bonds is 6. The lowest BCUT2D eigenvalue weighted by atomic mass is 10.1. The number of hydrogen-bond acceptors (Lipinski definition) is 2. The van der Waals surface area contributed by atoms with E-state index in [2.05, 4.69) is 10.6 Å². The van der Waals surface area contributed by atoms with Gasteiger partial charge in [0, 0.05) is 24.2 Å². The van der Waals surface area contributed by atoms with E-state index in [0.717, 1.165) is 43.4 Å². The second-order valence-corrected chi connectivity index (χ2v) is 7.35. The largest absolute Gasteiger partial charge is 0.416 e. The summed E-state index contributed by atoms with van der Waals surface area (Å²) in [6.07, 6.45) is 2.10. The zero-order valence-electron chi connectivity index (χ0n) is 16.3. The summed E-state index contributed by atoms with van der Waals surface area (Å²) < 4.78 is 38.2. The van der Waals surface area contributed by atoms with Crippen LogP contribution in [0.3, 0.4) is 0 Å². The fraction of sp³-hybridized carbons (Fsp3) is 0.304. The van der Waals surface area contributed by atoms with Crippen molar-refractivity contribution in [2.75, 3.05) is 5.32 Å². The first-order chi connectivity index (χ1) is 14.3. The third kappa shape index (κ3) is 6.20. The number of anilines is 1. The minimum atomic E-state index is -4.43. The van der Waals surface area contributed by atoms with Gasteiger partial charge in [0.2, 0.25) is 11.8 Å². The fourth-order valence-electron chi connectivity index (χ4n) is 3.43. The molecule has 1 saturated carbocycles. The SMILES string of the molecule is O=C(/C=C/c1cccc(C(F)(F)F)c1)NCc1cccc(NC(=O)C2CCCC2)c1. The maximum atomic E-state index is 12.7. The Morgan fingerprint density at radius 1 is 1.03 bits per heavy atom. The van der Waals surface area contributed by atoms with Crippen LogP contribution in [0, 0.1) is 5.92 Å². The van der Waals surface area contributed by atoms with Gasteiger partial charge in [0.15, 0.2) is 0 Å². The molecule has 0 atom stereocenters. The number of carbonyl (C=O) groups is 2. The number of benzene rings is 2. The van der Waals surface area contributed by atoms with Crippen molar-refractivity contribution in [2.24, 2.45) is 5.92 Å². The van der Waals surface area contributed by atoms with Gasteiger partial charge in [-0.05, 0) is 54.3 Å². The maximum absolute atomic E-state index is 12.7. The van der Waals surface area contributed by atoms with Crippen molar-refractivity contribution in [3.05, 3.63) is 71.3 Å². The first-order valence-corrected chi connectivity index (χ1v) is 9.84. The van der Waals surface area contributed by atoms with Crippen LogP contribution in [0.5, 0.6) is 0 Å². The van der Waals surface area contributed by atoms with E-state index < -0.39 is 17.6 Å². The molecule has 7 heteroatoms. The second-order valence-electron chi connectivity index (χ2n) is 7.35. The molecule has 0 saturated heterocycles. The molecule has 0 unspecified atom stereocenters. The van der Waals surface area contributed by atoms with Gasteiger partial charge in [-0.15, -0.1) is 0 Å². The quantitative estimate of drug-likeness (QED) is 0.639. The molecule has 1 fully saturated rings. The third-order valence-electron chi connectivity index (χ3n) is 5.03. The number of alkyl halides is 3. The molecule has 3 rings (SSSR count). The van der Waals surface area contributed by atoms with E-state index in [1.165, 1.54) is 24.3 Å². The van der Waals surface area contributed by atoms with Crippen molar-refractivity contribution in [1.29, 1.82) is 0 Å². The summed E-state index contributed by atoms with van der Waals surface area (Å²) in [5, 5.41) is 5.61. The molecular weight excluding hydrogens is 393 g/mol. The number of halogens is 3. The number of nitrogens with one attached hydrogen (secondary N) is 2. The van der Waals surface area contributed by atoms with E-state index in [-0.39, 0.29) is 23.9 Å². The normalized spacial score (nSPS) is 14.8. The predicted molar refractivity (Wildman–Crippen MR) is 109 cm³/mol. The zero-order chi connectivity index (χ0) is 21.6. The van der Waals surface area contributed by atoms with Gasteiger partial charge in [-0.3, -0.25) is 9.59 Å². The molecule has 0 spiro atoms. The zero-order valence-corrected chi connectivity index (χ0v) is 16.3. The highest BCUT2D eigenvalue weighted by atomic mass is 19.4. The van der Waals surface area contributed by atoms with E-state index in [1.807, 2.05) is 6.07 Å². The topological polar surface area (TPSA) is 58.2 Å². The van der Waals surface area contributed by atoms with E-state index in [9.17, 15) is 22.8 Å². The van der Waals surface area contributed by atoms with Gasteiger partial charge in [-0.1, -0.05) is 37.1 Å². The summed E-state index contributed by atoms with van der Waals surface area (Å²) in [6, 6.07) is 12.0. The summed E-state index contributed by atoms with van der Waals surface area (Å²) in [5.41, 5.74) is 1.01. The standard InChI is InChI=1S/C23H23F3N2O2/c24-23(25,26)19-9-3-5-16(13-19)11-12-21(29)27-15-17-6-4-10-20(14-17)28-22(30)18-7-1-2-8-18/h3-6,9-14,18H,1-2,7-8,15H2,(H,27,29)(H,28,30)/b12-11+. The number of hydrogen-bond donors (Lipinski definition) is 2. The van der Waals surface area contributed by atoms with E-state index in [0.29, 0.717) is 5.69 Å². The molecule has 30 heavy (non-hydrogen) atoms. The first kappa shape index (κ1) is 21.6. The van der Waals surface area contributed by atoms with Gasteiger partial charge in [0.25, 0.3) is 0 Å². The molecule has 2 N–H and O–H groups in total. The van der Waals surface area contributed by atoms with Crippen molar-refractivity contribution in [3.8, 4) is 0 Å². The van der Waals surface area contributed by atoms with E-state index >= 15 is 0 Å². The van der Waals surface area contributed by atoms with Gasteiger partial charge in [0.1, 0.15) is 0 Å². The second kappa shape index (κ2) is 9.61. The van der Waals surface area contributed by atoms with Gasteiger partial charge >= 0.3 is 6.18 Å². The lowest BCUT2D eigenvalue weighted by Gasteiger charge is -2.11. The Hall–Kier alpha value is -3.09. The van der Waals surface area contributed by atoms with Crippen molar-refractivity contribution >= 4 is 23.6 Å². The smallest absolute Gasteiger partial charge is 0.348 e. The third-order valence-corrected chi connectivity index (χ3v) is 5.03. The van der Waals surface area contributed by atoms with Gasteiger partial charge in [0.05, 0.1) is 5.56 Å². The summed E-state index contributed by atoms with van der Waals surface area (Å²) in [7, 11) is 0. The molecule has 1 aliphatic rings. The Morgan fingerprint density at radius 2 is 1.77 bits per heavy atom. The maximum Gasteiger partial charge on any atom is 0.416 e. The molecule has 158 valence electrons. The Bertz CT molecular complexity index is 932. The van der Waals surface area contributed by atoms with Crippen LogP contribution in [0.15, 0.2) is 54.6 Å². The van der Waals surface area contributed by atoms with Crippen molar-refractivity contribution in [2.45, 2.75) is 38.4 Å².